The van der Waals surface area contributed by atoms with Gasteiger partial charge < -0.3 is 5.73 Å². The zero-order valence-corrected chi connectivity index (χ0v) is 10.0. The van der Waals surface area contributed by atoms with Gasteiger partial charge >= 0.3 is 0 Å². The van der Waals surface area contributed by atoms with E-state index in [1.165, 1.54) is 0 Å². The summed E-state index contributed by atoms with van der Waals surface area (Å²) in [6.07, 6.45) is 0.507. The minimum absolute atomic E-state index is 0.167. The SMILES string of the molecule is CC(C)(N)CCS(=O)(=O)C(C)(C)C. The quantitative estimate of drug-likeness (QED) is 0.759. The minimum atomic E-state index is -3.01. The molecule has 0 spiro atoms. The zero-order chi connectivity index (χ0) is 10.9. The van der Waals surface area contributed by atoms with Crippen molar-refractivity contribution < 1.29 is 8.42 Å². The normalized spacial score (nSPS) is 14.6. The second-order valence-electron chi connectivity index (χ2n) is 5.17. The maximum atomic E-state index is 11.6. The highest BCUT2D eigenvalue weighted by atomic mass is 32.2. The van der Waals surface area contributed by atoms with Gasteiger partial charge in [-0.15, -0.1) is 0 Å². The first-order valence-electron chi connectivity index (χ1n) is 4.47. The predicted octanol–water partition coefficient (Wildman–Crippen LogP) is 1.33. The topological polar surface area (TPSA) is 60.2 Å². The van der Waals surface area contributed by atoms with Gasteiger partial charge in [0.1, 0.15) is 0 Å². The van der Waals surface area contributed by atoms with Crippen molar-refractivity contribution in [1.29, 1.82) is 0 Å². The third-order valence-corrected chi connectivity index (χ3v) is 4.56. The zero-order valence-electron chi connectivity index (χ0n) is 9.22. The van der Waals surface area contributed by atoms with Crippen molar-refractivity contribution in [3.8, 4) is 0 Å². The Kier molecular flexibility index (Phi) is 3.55. The van der Waals surface area contributed by atoms with E-state index >= 15 is 0 Å². The summed E-state index contributed by atoms with van der Waals surface area (Å²) >= 11 is 0. The summed E-state index contributed by atoms with van der Waals surface area (Å²) in [6, 6.07) is 0. The average molecular weight is 207 g/mol. The van der Waals surface area contributed by atoms with E-state index in [9.17, 15) is 8.42 Å². The van der Waals surface area contributed by atoms with Crippen LogP contribution in [-0.4, -0.2) is 24.5 Å². The molecule has 0 radical (unpaired) electrons. The van der Waals surface area contributed by atoms with Gasteiger partial charge in [0.25, 0.3) is 0 Å². The first kappa shape index (κ1) is 12.9. The van der Waals surface area contributed by atoms with E-state index in [0.29, 0.717) is 6.42 Å². The van der Waals surface area contributed by atoms with E-state index in [-0.39, 0.29) is 5.75 Å². The van der Waals surface area contributed by atoms with Crippen LogP contribution in [0, 0.1) is 0 Å². The molecule has 0 atom stereocenters. The van der Waals surface area contributed by atoms with Crippen molar-refractivity contribution in [2.24, 2.45) is 5.73 Å². The van der Waals surface area contributed by atoms with Crippen LogP contribution in [-0.2, 0) is 9.84 Å². The third-order valence-electron chi connectivity index (χ3n) is 1.95. The summed E-state index contributed by atoms with van der Waals surface area (Å²) in [5.41, 5.74) is 5.32. The summed E-state index contributed by atoms with van der Waals surface area (Å²) in [5.74, 6) is 0.167. The van der Waals surface area contributed by atoms with Crippen LogP contribution in [0.25, 0.3) is 0 Å². The molecule has 0 amide bonds. The standard InChI is InChI=1S/C9H21NO2S/c1-8(2,3)13(11,12)7-6-9(4,5)10/h6-7,10H2,1-5H3. The fraction of sp³-hybridized carbons (Fsp3) is 1.00. The van der Waals surface area contributed by atoms with Crippen molar-refractivity contribution in [2.75, 3.05) is 5.75 Å². The molecular weight excluding hydrogens is 186 g/mol. The molecule has 80 valence electrons. The van der Waals surface area contributed by atoms with Crippen LogP contribution in [0.4, 0.5) is 0 Å². The maximum Gasteiger partial charge on any atom is 0.155 e. The Hall–Kier alpha value is -0.0900. The van der Waals surface area contributed by atoms with E-state index in [2.05, 4.69) is 0 Å². The van der Waals surface area contributed by atoms with Crippen LogP contribution >= 0.6 is 0 Å². The predicted molar refractivity (Wildman–Crippen MR) is 56.4 cm³/mol. The Morgan fingerprint density at radius 1 is 1.08 bits per heavy atom. The van der Waals surface area contributed by atoms with E-state index in [0.717, 1.165) is 0 Å². The summed E-state index contributed by atoms with van der Waals surface area (Å²) in [5, 5.41) is 0. The molecule has 13 heavy (non-hydrogen) atoms. The monoisotopic (exact) mass is 207 g/mol. The maximum absolute atomic E-state index is 11.6. The van der Waals surface area contributed by atoms with E-state index < -0.39 is 20.1 Å². The number of sulfone groups is 1. The Morgan fingerprint density at radius 3 is 1.69 bits per heavy atom. The van der Waals surface area contributed by atoms with Gasteiger partial charge in [-0.05, 0) is 41.0 Å². The molecule has 0 bridgehead atoms. The lowest BCUT2D eigenvalue weighted by molar-refractivity contribution is 0.489. The van der Waals surface area contributed by atoms with Crippen LogP contribution in [0.1, 0.15) is 41.0 Å². The Bertz CT molecular complexity index is 254. The first-order chi connectivity index (χ1) is 5.46. The summed E-state index contributed by atoms with van der Waals surface area (Å²) in [7, 11) is -3.01. The molecule has 0 aromatic heterocycles. The number of hydrogen-bond donors (Lipinski definition) is 1. The molecule has 0 heterocycles. The van der Waals surface area contributed by atoms with Crippen LogP contribution in [0.3, 0.4) is 0 Å². The molecule has 2 N–H and O–H groups in total. The van der Waals surface area contributed by atoms with E-state index in [1.54, 1.807) is 20.8 Å². The molecule has 0 saturated carbocycles. The van der Waals surface area contributed by atoms with Gasteiger partial charge in [-0.25, -0.2) is 8.42 Å². The lowest BCUT2D eigenvalue weighted by Gasteiger charge is -2.23. The summed E-state index contributed by atoms with van der Waals surface area (Å²) in [6.45, 7) is 8.82. The highest BCUT2D eigenvalue weighted by molar-refractivity contribution is 7.92. The number of nitrogens with two attached hydrogens (primary N) is 1. The van der Waals surface area contributed by atoms with E-state index in [1.807, 2.05) is 13.8 Å². The lowest BCUT2D eigenvalue weighted by atomic mass is 10.0. The summed E-state index contributed by atoms with van der Waals surface area (Å²) < 4.78 is 22.6. The van der Waals surface area contributed by atoms with Gasteiger partial charge in [-0.1, -0.05) is 0 Å². The number of hydrogen-bond acceptors (Lipinski definition) is 3. The first-order valence-corrected chi connectivity index (χ1v) is 6.12. The van der Waals surface area contributed by atoms with Crippen molar-refractivity contribution in [1.82, 2.24) is 0 Å². The third kappa shape index (κ3) is 4.62. The van der Waals surface area contributed by atoms with Gasteiger partial charge in [0.2, 0.25) is 0 Å². The fourth-order valence-corrected chi connectivity index (χ4v) is 2.11. The molecule has 0 unspecified atom stereocenters. The Labute approximate surface area is 81.6 Å². The lowest BCUT2D eigenvalue weighted by Crippen LogP contribution is -2.38. The van der Waals surface area contributed by atoms with Crippen LogP contribution in [0.2, 0.25) is 0 Å². The highest BCUT2D eigenvalue weighted by Crippen LogP contribution is 2.18. The molecular formula is C9H21NO2S. The Morgan fingerprint density at radius 2 is 1.46 bits per heavy atom. The molecule has 0 aromatic carbocycles. The molecule has 0 aliphatic heterocycles. The number of rotatable bonds is 3. The van der Waals surface area contributed by atoms with Gasteiger partial charge in [0.15, 0.2) is 9.84 Å². The summed E-state index contributed by atoms with van der Waals surface area (Å²) in [4.78, 5) is 0. The molecule has 3 nitrogen and oxygen atoms in total. The van der Waals surface area contributed by atoms with Gasteiger partial charge in [-0.2, -0.15) is 0 Å². The molecule has 0 aliphatic carbocycles. The van der Waals surface area contributed by atoms with Crippen molar-refractivity contribution in [3.05, 3.63) is 0 Å². The molecule has 0 saturated heterocycles. The van der Waals surface area contributed by atoms with E-state index in [4.69, 9.17) is 5.73 Å². The van der Waals surface area contributed by atoms with Gasteiger partial charge in [-0.3, -0.25) is 0 Å². The van der Waals surface area contributed by atoms with Gasteiger partial charge in [0.05, 0.1) is 10.5 Å². The smallest absolute Gasteiger partial charge is 0.155 e. The largest absolute Gasteiger partial charge is 0.326 e. The van der Waals surface area contributed by atoms with Crippen molar-refractivity contribution in [2.45, 2.75) is 51.3 Å². The second-order valence-corrected chi connectivity index (χ2v) is 8.03. The van der Waals surface area contributed by atoms with Crippen LogP contribution in [0.5, 0.6) is 0 Å². The minimum Gasteiger partial charge on any atom is -0.326 e. The average Bonchev–Trinajstić information content (AvgIpc) is 1.79. The van der Waals surface area contributed by atoms with Crippen molar-refractivity contribution in [3.63, 3.8) is 0 Å². The van der Waals surface area contributed by atoms with Gasteiger partial charge in [0, 0.05) is 5.54 Å². The molecule has 0 aliphatic rings. The second kappa shape index (κ2) is 3.58. The Balaban J connectivity index is 4.40. The van der Waals surface area contributed by atoms with Crippen molar-refractivity contribution >= 4 is 9.84 Å². The molecule has 0 aromatic rings. The highest BCUT2D eigenvalue weighted by Gasteiger charge is 2.29. The van der Waals surface area contributed by atoms with Crippen LogP contribution in [0.15, 0.2) is 0 Å². The fourth-order valence-electron chi connectivity index (χ4n) is 0.704. The van der Waals surface area contributed by atoms with Crippen LogP contribution < -0.4 is 5.73 Å². The molecule has 0 rings (SSSR count). The molecule has 4 heteroatoms. The molecule has 0 fully saturated rings.